The van der Waals surface area contributed by atoms with E-state index in [2.05, 4.69) is 5.32 Å². The topological polar surface area (TPSA) is 64.4 Å². The zero-order valence-corrected chi connectivity index (χ0v) is 12.9. The van der Waals surface area contributed by atoms with Gasteiger partial charge in [0.1, 0.15) is 0 Å². The molecule has 1 amide bonds. The van der Waals surface area contributed by atoms with Crippen LogP contribution in [0.3, 0.4) is 0 Å². The molecule has 3 rings (SSSR count). The molecule has 0 radical (unpaired) electrons. The van der Waals surface area contributed by atoms with Gasteiger partial charge in [0.05, 0.1) is 6.04 Å². The summed E-state index contributed by atoms with van der Waals surface area (Å²) in [6, 6.07) is -0.345. The molecule has 3 fully saturated rings. The number of amides is 1. The Morgan fingerprint density at radius 3 is 2.55 bits per heavy atom. The number of fused-ring (bicyclic) bond motifs is 2. The van der Waals surface area contributed by atoms with E-state index in [1.807, 2.05) is 0 Å². The highest BCUT2D eigenvalue weighted by Crippen LogP contribution is 2.47. The molecule has 2 saturated carbocycles. The summed E-state index contributed by atoms with van der Waals surface area (Å²) in [5.74, 6) is 2.87. The first-order valence-corrected chi connectivity index (χ1v) is 7.85. The molecule has 1 heterocycles. The van der Waals surface area contributed by atoms with Gasteiger partial charge in [-0.3, -0.25) is 4.79 Å². The van der Waals surface area contributed by atoms with Gasteiger partial charge in [0, 0.05) is 19.8 Å². The lowest BCUT2D eigenvalue weighted by molar-refractivity contribution is -0.124. The maximum Gasteiger partial charge on any atom is 0.237 e. The summed E-state index contributed by atoms with van der Waals surface area (Å²) in [7, 11) is 0. The van der Waals surface area contributed by atoms with Crippen molar-refractivity contribution in [2.45, 2.75) is 44.6 Å². The van der Waals surface area contributed by atoms with E-state index in [0.717, 1.165) is 44.4 Å². The Morgan fingerprint density at radius 2 is 1.95 bits per heavy atom. The van der Waals surface area contributed by atoms with E-state index in [1.54, 1.807) is 0 Å². The summed E-state index contributed by atoms with van der Waals surface area (Å²) in [5.41, 5.74) is 6.09. The van der Waals surface area contributed by atoms with E-state index < -0.39 is 0 Å². The van der Waals surface area contributed by atoms with Crippen molar-refractivity contribution in [2.75, 3.05) is 19.8 Å². The van der Waals surface area contributed by atoms with Crippen LogP contribution in [0.4, 0.5) is 0 Å². The summed E-state index contributed by atoms with van der Waals surface area (Å²) < 4.78 is 5.32. The smallest absolute Gasteiger partial charge is 0.237 e. The van der Waals surface area contributed by atoms with Gasteiger partial charge >= 0.3 is 0 Å². The van der Waals surface area contributed by atoms with Crippen LogP contribution in [-0.4, -0.2) is 31.7 Å². The van der Waals surface area contributed by atoms with Gasteiger partial charge in [0.25, 0.3) is 0 Å². The van der Waals surface area contributed by atoms with Gasteiger partial charge in [-0.25, -0.2) is 0 Å². The molecule has 0 aromatic heterocycles. The van der Waals surface area contributed by atoms with Crippen molar-refractivity contribution in [3.63, 3.8) is 0 Å². The number of halogens is 1. The largest absolute Gasteiger partial charge is 0.381 e. The average Bonchev–Trinajstić information content (AvgIpc) is 3.07. The monoisotopic (exact) mass is 302 g/mol. The Labute approximate surface area is 127 Å². The van der Waals surface area contributed by atoms with Crippen molar-refractivity contribution >= 4 is 18.3 Å². The maximum atomic E-state index is 12.1. The molecule has 0 spiro atoms. The SMILES string of the molecule is Cl.NC(C(=O)NCC1CC2CCC1C2)C1CCOCC1. The Kier molecular flexibility index (Phi) is 5.70. The molecule has 20 heavy (non-hydrogen) atoms. The zero-order valence-electron chi connectivity index (χ0n) is 12.1. The van der Waals surface area contributed by atoms with E-state index in [0.29, 0.717) is 11.8 Å². The average molecular weight is 303 g/mol. The highest BCUT2D eigenvalue weighted by atomic mass is 35.5. The van der Waals surface area contributed by atoms with Crippen LogP contribution in [0.25, 0.3) is 0 Å². The quantitative estimate of drug-likeness (QED) is 0.831. The van der Waals surface area contributed by atoms with Crippen LogP contribution in [0, 0.1) is 23.7 Å². The van der Waals surface area contributed by atoms with Crippen LogP contribution in [0.15, 0.2) is 0 Å². The van der Waals surface area contributed by atoms with Crippen molar-refractivity contribution < 1.29 is 9.53 Å². The maximum absolute atomic E-state index is 12.1. The second kappa shape index (κ2) is 7.10. The second-order valence-electron chi connectivity index (χ2n) is 6.66. The molecular weight excluding hydrogens is 276 g/mol. The van der Waals surface area contributed by atoms with Crippen molar-refractivity contribution in [2.24, 2.45) is 29.4 Å². The number of rotatable bonds is 4. The molecule has 0 aromatic carbocycles. The molecule has 3 N–H and O–H groups in total. The van der Waals surface area contributed by atoms with Crippen molar-refractivity contribution in [1.82, 2.24) is 5.32 Å². The molecule has 4 atom stereocenters. The predicted octanol–water partition coefficient (Wildman–Crippen LogP) is 1.71. The number of ether oxygens (including phenoxy) is 1. The van der Waals surface area contributed by atoms with Gasteiger partial charge in [-0.2, -0.15) is 0 Å². The molecule has 1 aliphatic heterocycles. The van der Waals surface area contributed by atoms with E-state index in [9.17, 15) is 4.79 Å². The molecule has 116 valence electrons. The number of hydrogen-bond acceptors (Lipinski definition) is 3. The number of nitrogens with one attached hydrogen (secondary N) is 1. The number of carbonyl (C=O) groups excluding carboxylic acids is 1. The van der Waals surface area contributed by atoms with Crippen LogP contribution in [0.5, 0.6) is 0 Å². The zero-order chi connectivity index (χ0) is 13.2. The minimum atomic E-state index is -0.345. The Bertz CT molecular complexity index is 334. The highest BCUT2D eigenvalue weighted by molar-refractivity contribution is 5.85. The molecule has 2 bridgehead atoms. The molecule has 2 aliphatic carbocycles. The first-order valence-electron chi connectivity index (χ1n) is 7.85. The fourth-order valence-corrected chi connectivity index (χ4v) is 4.27. The second-order valence-corrected chi connectivity index (χ2v) is 6.66. The third-order valence-electron chi connectivity index (χ3n) is 5.50. The molecule has 5 heteroatoms. The fraction of sp³-hybridized carbons (Fsp3) is 0.933. The molecule has 1 saturated heterocycles. The summed E-state index contributed by atoms with van der Waals surface area (Å²) in [6.07, 6.45) is 7.34. The number of carbonyl (C=O) groups is 1. The van der Waals surface area contributed by atoms with Gasteiger partial charge in [0.15, 0.2) is 0 Å². The summed E-state index contributed by atoms with van der Waals surface area (Å²) >= 11 is 0. The lowest BCUT2D eigenvalue weighted by Gasteiger charge is -2.28. The van der Waals surface area contributed by atoms with Crippen molar-refractivity contribution in [3.05, 3.63) is 0 Å². The molecule has 4 unspecified atom stereocenters. The molecule has 0 aromatic rings. The van der Waals surface area contributed by atoms with Crippen LogP contribution in [0.1, 0.15) is 38.5 Å². The van der Waals surface area contributed by atoms with Gasteiger partial charge in [-0.05, 0) is 55.8 Å². The molecule has 4 nitrogen and oxygen atoms in total. The molecule has 3 aliphatic rings. The van der Waals surface area contributed by atoms with E-state index in [-0.39, 0.29) is 24.4 Å². The van der Waals surface area contributed by atoms with Crippen molar-refractivity contribution in [1.29, 1.82) is 0 Å². The standard InChI is InChI=1S/C15H26N2O2.ClH/c16-14(11-3-5-19-6-4-11)15(18)17-9-13-8-10-1-2-12(13)7-10;/h10-14H,1-9,16H2,(H,17,18);1H. The third-order valence-corrected chi connectivity index (χ3v) is 5.50. The van der Waals surface area contributed by atoms with E-state index >= 15 is 0 Å². The summed E-state index contributed by atoms with van der Waals surface area (Å²) in [5, 5.41) is 3.10. The minimum Gasteiger partial charge on any atom is -0.381 e. The lowest BCUT2D eigenvalue weighted by atomic mass is 9.88. The van der Waals surface area contributed by atoms with Crippen LogP contribution in [0.2, 0.25) is 0 Å². The number of nitrogens with two attached hydrogens (primary N) is 1. The minimum absolute atomic E-state index is 0. The van der Waals surface area contributed by atoms with E-state index in [1.165, 1.54) is 25.7 Å². The van der Waals surface area contributed by atoms with Crippen LogP contribution in [-0.2, 0) is 9.53 Å². The Balaban J connectivity index is 0.00000147. The van der Waals surface area contributed by atoms with Crippen LogP contribution < -0.4 is 11.1 Å². The predicted molar refractivity (Wildman–Crippen MR) is 80.7 cm³/mol. The van der Waals surface area contributed by atoms with Gasteiger partial charge in [-0.1, -0.05) is 6.42 Å². The first-order chi connectivity index (χ1) is 9.24. The lowest BCUT2D eigenvalue weighted by Crippen LogP contribution is -2.48. The normalized spacial score (nSPS) is 34.5. The Morgan fingerprint density at radius 1 is 1.20 bits per heavy atom. The first kappa shape index (κ1) is 16.1. The Hall–Kier alpha value is -0.320. The van der Waals surface area contributed by atoms with Crippen LogP contribution >= 0.6 is 12.4 Å². The fourth-order valence-electron chi connectivity index (χ4n) is 4.27. The molecular formula is C15H27ClN2O2. The van der Waals surface area contributed by atoms with Gasteiger partial charge in [0.2, 0.25) is 5.91 Å². The van der Waals surface area contributed by atoms with Gasteiger partial charge < -0.3 is 15.8 Å². The number of hydrogen-bond donors (Lipinski definition) is 2. The summed E-state index contributed by atoms with van der Waals surface area (Å²) in [6.45, 7) is 2.34. The summed E-state index contributed by atoms with van der Waals surface area (Å²) in [4.78, 5) is 12.1. The van der Waals surface area contributed by atoms with Crippen molar-refractivity contribution in [3.8, 4) is 0 Å². The third kappa shape index (κ3) is 3.46. The van der Waals surface area contributed by atoms with E-state index in [4.69, 9.17) is 10.5 Å². The van der Waals surface area contributed by atoms with Gasteiger partial charge in [-0.15, -0.1) is 12.4 Å². The highest BCUT2D eigenvalue weighted by Gasteiger charge is 2.39.